The van der Waals surface area contributed by atoms with Gasteiger partial charge in [0.2, 0.25) is 0 Å². The number of nitrogens with zero attached hydrogens (tertiary/aromatic N) is 1. The summed E-state index contributed by atoms with van der Waals surface area (Å²) in [7, 11) is 0. The average molecular weight is 324 g/mol. The standard InChI is InChI=1S/C15H8Cl2FNO2/c1-7-10-4-8(16)2-3-9(10)15(21)19(7)13-6-14(20)11(17)5-12(13)18/h2-6,20H,1H2. The van der Waals surface area contributed by atoms with Crippen LogP contribution in [0.25, 0.3) is 5.70 Å². The summed E-state index contributed by atoms with van der Waals surface area (Å²) in [6.45, 7) is 3.80. The normalized spacial score (nSPS) is 13.8. The van der Waals surface area contributed by atoms with E-state index in [4.69, 9.17) is 23.2 Å². The summed E-state index contributed by atoms with van der Waals surface area (Å²) >= 11 is 11.5. The minimum atomic E-state index is -0.730. The van der Waals surface area contributed by atoms with Gasteiger partial charge in [-0.05, 0) is 24.3 Å². The van der Waals surface area contributed by atoms with E-state index < -0.39 is 11.7 Å². The maximum absolute atomic E-state index is 14.1. The van der Waals surface area contributed by atoms with Gasteiger partial charge in [0.15, 0.2) is 0 Å². The fourth-order valence-corrected chi connectivity index (χ4v) is 2.58. The topological polar surface area (TPSA) is 40.5 Å². The molecule has 0 aliphatic carbocycles. The van der Waals surface area contributed by atoms with Gasteiger partial charge in [0, 0.05) is 22.2 Å². The van der Waals surface area contributed by atoms with Crippen LogP contribution in [-0.4, -0.2) is 11.0 Å². The van der Waals surface area contributed by atoms with Gasteiger partial charge in [-0.1, -0.05) is 29.8 Å². The highest BCUT2D eigenvalue weighted by atomic mass is 35.5. The van der Waals surface area contributed by atoms with Crippen LogP contribution in [0.1, 0.15) is 15.9 Å². The van der Waals surface area contributed by atoms with Gasteiger partial charge in [-0.2, -0.15) is 0 Å². The predicted octanol–water partition coefficient (Wildman–Crippen LogP) is 4.47. The number of phenols is 1. The number of aromatic hydroxyl groups is 1. The molecule has 0 spiro atoms. The first kappa shape index (κ1) is 13.9. The van der Waals surface area contributed by atoms with Gasteiger partial charge in [0.25, 0.3) is 5.91 Å². The second-order valence-corrected chi connectivity index (χ2v) is 5.38. The van der Waals surface area contributed by atoms with E-state index in [1.54, 1.807) is 18.2 Å². The lowest BCUT2D eigenvalue weighted by atomic mass is 10.1. The molecule has 0 saturated carbocycles. The van der Waals surface area contributed by atoms with Gasteiger partial charge >= 0.3 is 0 Å². The first-order valence-electron chi connectivity index (χ1n) is 5.91. The number of hydrogen-bond acceptors (Lipinski definition) is 2. The molecule has 2 aromatic carbocycles. The van der Waals surface area contributed by atoms with Crippen LogP contribution in [0.3, 0.4) is 0 Å². The van der Waals surface area contributed by atoms with Gasteiger partial charge in [0.1, 0.15) is 11.6 Å². The molecular weight excluding hydrogens is 316 g/mol. The van der Waals surface area contributed by atoms with Crippen molar-refractivity contribution in [3.8, 4) is 5.75 Å². The van der Waals surface area contributed by atoms with E-state index in [2.05, 4.69) is 6.58 Å². The molecular formula is C15H8Cl2FNO2. The fraction of sp³-hybridized carbons (Fsp3) is 0. The number of carbonyl (C=O) groups excluding carboxylic acids is 1. The van der Waals surface area contributed by atoms with Crippen molar-refractivity contribution >= 4 is 40.5 Å². The number of anilines is 1. The molecule has 0 unspecified atom stereocenters. The second-order valence-electron chi connectivity index (χ2n) is 4.53. The molecule has 1 aliphatic heterocycles. The zero-order valence-corrected chi connectivity index (χ0v) is 12.0. The van der Waals surface area contributed by atoms with E-state index in [0.717, 1.165) is 17.0 Å². The van der Waals surface area contributed by atoms with Gasteiger partial charge in [-0.3, -0.25) is 9.69 Å². The molecule has 3 rings (SSSR count). The number of halogens is 3. The Kier molecular flexibility index (Phi) is 3.15. The van der Waals surface area contributed by atoms with Crippen LogP contribution in [0.5, 0.6) is 5.75 Å². The highest BCUT2D eigenvalue weighted by molar-refractivity contribution is 6.33. The van der Waals surface area contributed by atoms with E-state index in [-0.39, 0.29) is 22.2 Å². The van der Waals surface area contributed by atoms with Crippen LogP contribution in [0, 0.1) is 5.82 Å². The summed E-state index contributed by atoms with van der Waals surface area (Å²) in [6, 6.07) is 6.76. The van der Waals surface area contributed by atoms with Crippen molar-refractivity contribution in [1.82, 2.24) is 0 Å². The lowest BCUT2D eigenvalue weighted by Crippen LogP contribution is -2.23. The monoisotopic (exact) mass is 323 g/mol. The van der Waals surface area contributed by atoms with E-state index in [0.29, 0.717) is 16.1 Å². The smallest absolute Gasteiger partial charge is 0.263 e. The van der Waals surface area contributed by atoms with Crippen molar-refractivity contribution in [2.45, 2.75) is 0 Å². The van der Waals surface area contributed by atoms with Crippen LogP contribution in [-0.2, 0) is 0 Å². The molecule has 1 aliphatic rings. The van der Waals surface area contributed by atoms with Crippen LogP contribution in [0.15, 0.2) is 36.9 Å². The van der Waals surface area contributed by atoms with E-state index in [9.17, 15) is 14.3 Å². The van der Waals surface area contributed by atoms with Crippen molar-refractivity contribution in [2.24, 2.45) is 0 Å². The van der Waals surface area contributed by atoms with Crippen LogP contribution in [0.2, 0.25) is 10.0 Å². The third-order valence-electron chi connectivity index (χ3n) is 3.25. The summed E-state index contributed by atoms with van der Waals surface area (Å²) in [5.74, 6) is -1.49. The highest BCUT2D eigenvalue weighted by Crippen LogP contribution is 2.40. The SMILES string of the molecule is C=C1c2cc(Cl)ccc2C(=O)N1c1cc(O)c(Cl)cc1F. The molecule has 6 heteroatoms. The first-order valence-corrected chi connectivity index (χ1v) is 6.67. The zero-order valence-electron chi connectivity index (χ0n) is 10.5. The molecule has 0 saturated heterocycles. The quantitative estimate of drug-likeness (QED) is 0.841. The second kappa shape index (κ2) is 4.76. The molecule has 3 nitrogen and oxygen atoms in total. The largest absolute Gasteiger partial charge is 0.506 e. The van der Waals surface area contributed by atoms with Gasteiger partial charge in [0.05, 0.1) is 16.4 Å². The molecule has 2 aromatic rings. The maximum Gasteiger partial charge on any atom is 0.263 e. The maximum atomic E-state index is 14.1. The molecule has 0 radical (unpaired) electrons. The van der Waals surface area contributed by atoms with Crippen molar-refractivity contribution in [3.05, 3.63) is 63.9 Å². The number of rotatable bonds is 1. The average Bonchev–Trinajstić information content (AvgIpc) is 2.66. The summed E-state index contributed by atoms with van der Waals surface area (Å²) in [5.41, 5.74) is 1.08. The Bertz CT molecular complexity index is 805. The Morgan fingerprint density at radius 3 is 2.57 bits per heavy atom. The fourth-order valence-electron chi connectivity index (χ4n) is 2.26. The Morgan fingerprint density at radius 2 is 1.86 bits per heavy atom. The van der Waals surface area contributed by atoms with Crippen molar-refractivity contribution in [2.75, 3.05) is 4.90 Å². The van der Waals surface area contributed by atoms with Crippen molar-refractivity contribution in [1.29, 1.82) is 0 Å². The zero-order chi connectivity index (χ0) is 15.3. The first-order chi connectivity index (χ1) is 9.90. The summed E-state index contributed by atoms with van der Waals surface area (Å²) < 4.78 is 14.1. The Hall–Kier alpha value is -2.04. The van der Waals surface area contributed by atoms with Gasteiger partial charge in [-0.15, -0.1) is 0 Å². The predicted molar refractivity (Wildman–Crippen MR) is 80.4 cm³/mol. The lowest BCUT2D eigenvalue weighted by molar-refractivity contribution is 0.101. The number of carbonyl (C=O) groups is 1. The lowest BCUT2D eigenvalue weighted by Gasteiger charge is -2.18. The molecule has 1 N–H and O–H groups in total. The third kappa shape index (κ3) is 2.07. The molecule has 1 heterocycles. The molecule has 0 atom stereocenters. The molecule has 21 heavy (non-hydrogen) atoms. The molecule has 1 amide bonds. The molecule has 0 fully saturated rings. The number of benzene rings is 2. The van der Waals surface area contributed by atoms with Crippen molar-refractivity contribution < 1.29 is 14.3 Å². The number of hydrogen-bond donors (Lipinski definition) is 1. The van der Waals surface area contributed by atoms with Crippen LogP contribution < -0.4 is 4.90 Å². The van der Waals surface area contributed by atoms with Gasteiger partial charge in [-0.25, -0.2) is 4.39 Å². The summed E-state index contributed by atoms with van der Waals surface area (Å²) in [5, 5.41) is 9.95. The van der Waals surface area contributed by atoms with Crippen LogP contribution in [0.4, 0.5) is 10.1 Å². The van der Waals surface area contributed by atoms with Gasteiger partial charge < -0.3 is 5.11 Å². The Morgan fingerprint density at radius 1 is 1.14 bits per heavy atom. The summed E-state index contributed by atoms with van der Waals surface area (Å²) in [6.07, 6.45) is 0. The minimum absolute atomic E-state index is 0.112. The third-order valence-corrected chi connectivity index (χ3v) is 3.79. The molecule has 0 aromatic heterocycles. The summed E-state index contributed by atoms with van der Waals surface area (Å²) in [4.78, 5) is 13.5. The van der Waals surface area contributed by atoms with E-state index in [1.807, 2.05) is 0 Å². The number of amides is 1. The Balaban J connectivity index is 2.16. The van der Waals surface area contributed by atoms with E-state index >= 15 is 0 Å². The number of fused-ring (bicyclic) bond motifs is 1. The number of phenolic OH excluding ortho intramolecular Hbond substituents is 1. The van der Waals surface area contributed by atoms with Crippen LogP contribution >= 0.6 is 23.2 Å². The van der Waals surface area contributed by atoms with E-state index in [1.165, 1.54) is 0 Å². The molecule has 0 bridgehead atoms. The minimum Gasteiger partial charge on any atom is -0.506 e. The van der Waals surface area contributed by atoms with Crippen molar-refractivity contribution in [3.63, 3.8) is 0 Å². The molecule has 106 valence electrons. The Labute approximate surface area is 129 Å². The highest BCUT2D eigenvalue weighted by Gasteiger charge is 2.34.